The number of nitrogens with zero attached hydrogens (tertiary/aromatic N) is 5. The average molecular weight is 314 g/mol. The van der Waals surface area contributed by atoms with Gasteiger partial charge in [-0.3, -0.25) is 4.68 Å². The van der Waals surface area contributed by atoms with Crippen LogP contribution in [0.5, 0.6) is 0 Å². The second-order valence-corrected chi connectivity index (χ2v) is 6.83. The summed E-state index contributed by atoms with van der Waals surface area (Å²) in [5, 5.41) is 9.77. The zero-order valence-corrected chi connectivity index (χ0v) is 13.6. The molecule has 0 amide bonds. The second-order valence-electron chi connectivity index (χ2n) is 5.66. The van der Waals surface area contributed by atoms with Crippen molar-refractivity contribution in [3.63, 3.8) is 0 Å². The summed E-state index contributed by atoms with van der Waals surface area (Å²) in [4.78, 5) is 15.2. The number of anilines is 1. The zero-order chi connectivity index (χ0) is 15.1. The molecule has 0 saturated heterocycles. The summed E-state index contributed by atoms with van der Waals surface area (Å²) in [5.74, 6) is 1.58. The number of hydrogen-bond donors (Lipinski definition) is 1. The van der Waals surface area contributed by atoms with E-state index in [0.29, 0.717) is 6.54 Å². The van der Waals surface area contributed by atoms with Gasteiger partial charge in [-0.25, -0.2) is 15.0 Å². The van der Waals surface area contributed by atoms with Crippen molar-refractivity contribution in [1.82, 2.24) is 24.7 Å². The fourth-order valence-electron chi connectivity index (χ4n) is 2.91. The number of aromatic nitrogens is 5. The summed E-state index contributed by atoms with van der Waals surface area (Å²) in [7, 11) is 1.90. The lowest BCUT2D eigenvalue weighted by molar-refractivity contribution is 0.681. The number of rotatable bonds is 3. The van der Waals surface area contributed by atoms with E-state index in [9.17, 15) is 0 Å². The molecule has 0 fully saturated rings. The first-order valence-electron chi connectivity index (χ1n) is 7.58. The molecule has 114 valence electrons. The predicted molar refractivity (Wildman–Crippen MR) is 87.1 cm³/mol. The minimum Gasteiger partial charge on any atom is -0.363 e. The van der Waals surface area contributed by atoms with Crippen LogP contribution >= 0.6 is 11.3 Å². The van der Waals surface area contributed by atoms with Gasteiger partial charge in [0.25, 0.3) is 0 Å². The standard InChI is InChI=1S/C15H18N6S/c1-9-18-14(10-7-17-21(2)15(10)19-9)16-8-13-20-11-5-3-4-6-12(11)22-13/h7H,3-6,8H2,1-2H3,(H,16,18,19). The molecule has 0 spiro atoms. The van der Waals surface area contributed by atoms with Crippen LogP contribution in [0.15, 0.2) is 6.20 Å². The summed E-state index contributed by atoms with van der Waals surface area (Å²) >= 11 is 1.83. The fourth-order valence-corrected chi connectivity index (χ4v) is 4.00. The third-order valence-corrected chi connectivity index (χ3v) is 5.16. The van der Waals surface area contributed by atoms with Crippen molar-refractivity contribution in [2.75, 3.05) is 5.32 Å². The lowest BCUT2D eigenvalue weighted by Crippen LogP contribution is -2.04. The van der Waals surface area contributed by atoms with E-state index in [1.54, 1.807) is 4.68 Å². The van der Waals surface area contributed by atoms with E-state index in [-0.39, 0.29) is 0 Å². The van der Waals surface area contributed by atoms with Gasteiger partial charge in [0.15, 0.2) is 5.65 Å². The van der Waals surface area contributed by atoms with Crippen LogP contribution in [-0.2, 0) is 26.4 Å². The molecule has 1 aliphatic carbocycles. The molecule has 6 nitrogen and oxygen atoms in total. The van der Waals surface area contributed by atoms with Crippen molar-refractivity contribution >= 4 is 28.2 Å². The summed E-state index contributed by atoms with van der Waals surface area (Å²) in [6.45, 7) is 2.61. The van der Waals surface area contributed by atoms with E-state index in [4.69, 9.17) is 4.98 Å². The third-order valence-electron chi connectivity index (χ3n) is 4.00. The van der Waals surface area contributed by atoms with Gasteiger partial charge in [0, 0.05) is 11.9 Å². The van der Waals surface area contributed by atoms with E-state index >= 15 is 0 Å². The van der Waals surface area contributed by atoms with Crippen LogP contribution in [0.25, 0.3) is 11.0 Å². The number of nitrogens with one attached hydrogen (secondary N) is 1. The maximum absolute atomic E-state index is 4.77. The Labute approximate surface area is 132 Å². The summed E-state index contributed by atoms with van der Waals surface area (Å²) in [6, 6.07) is 0. The smallest absolute Gasteiger partial charge is 0.163 e. The van der Waals surface area contributed by atoms with Crippen molar-refractivity contribution in [3.8, 4) is 0 Å². The van der Waals surface area contributed by atoms with Crippen LogP contribution in [0.4, 0.5) is 5.82 Å². The van der Waals surface area contributed by atoms with E-state index in [1.165, 1.54) is 29.8 Å². The summed E-state index contributed by atoms with van der Waals surface area (Å²) in [5.41, 5.74) is 2.16. The molecule has 4 rings (SSSR count). The molecule has 0 saturated carbocycles. The van der Waals surface area contributed by atoms with Gasteiger partial charge in [-0.15, -0.1) is 11.3 Å². The number of hydrogen-bond acceptors (Lipinski definition) is 6. The van der Waals surface area contributed by atoms with Gasteiger partial charge in [0.05, 0.1) is 23.8 Å². The predicted octanol–water partition coefficient (Wildman–Crippen LogP) is 2.62. The molecule has 3 aromatic heterocycles. The topological polar surface area (TPSA) is 68.5 Å². The fraction of sp³-hybridized carbons (Fsp3) is 0.467. The van der Waals surface area contributed by atoms with Crippen LogP contribution in [-0.4, -0.2) is 24.7 Å². The lowest BCUT2D eigenvalue weighted by Gasteiger charge is -2.06. The first-order valence-corrected chi connectivity index (χ1v) is 8.40. The highest BCUT2D eigenvalue weighted by Gasteiger charge is 2.15. The Morgan fingerprint density at radius 1 is 1.23 bits per heavy atom. The Hall–Kier alpha value is -2.02. The number of thiazole rings is 1. The van der Waals surface area contributed by atoms with Gasteiger partial charge in [-0.05, 0) is 32.6 Å². The Bertz CT molecular complexity index is 811. The molecule has 22 heavy (non-hydrogen) atoms. The molecule has 0 aromatic carbocycles. The number of fused-ring (bicyclic) bond motifs is 2. The largest absolute Gasteiger partial charge is 0.363 e. The molecule has 1 aliphatic rings. The summed E-state index contributed by atoms with van der Waals surface area (Å²) in [6.07, 6.45) is 6.69. The molecule has 0 aliphatic heterocycles. The molecule has 0 atom stereocenters. The zero-order valence-electron chi connectivity index (χ0n) is 12.8. The monoisotopic (exact) mass is 314 g/mol. The molecule has 1 N–H and O–H groups in total. The van der Waals surface area contributed by atoms with Crippen molar-refractivity contribution in [2.24, 2.45) is 7.05 Å². The van der Waals surface area contributed by atoms with Gasteiger partial charge in [0.2, 0.25) is 0 Å². The molecule has 3 heterocycles. The Morgan fingerprint density at radius 2 is 2.09 bits per heavy atom. The normalized spacial score (nSPS) is 14.3. The van der Waals surface area contributed by atoms with Gasteiger partial charge >= 0.3 is 0 Å². The Kier molecular flexibility index (Phi) is 3.29. The highest BCUT2D eigenvalue weighted by atomic mass is 32.1. The van der Waals surface area contributed by atoms with Crippen LogP contribution in [0.2, 0.25) is 0 Å². The highest BCUT2D eigenvalue weighted by Crippen LogP contribution is 2.27. The quantitative estimate of drug-likeness (QED) is 0.805. The van der Waals surface area contributed by atoms with E-state index < -0.39 is 0 Å². The molecule has 0 radical (unpaired) electrons. The minimum absolute atomic E-state index is 0.706. The van der Waals surface area contributed by atoms with Crippen LogP contribution < -0.4 is 5.32 Å². The van der Waals surface area contributed by atoms with Gasteiger partial charge < -0.3 is 5.32 Å². The Morgan fingerprint density at radius 3 is 2.95 bits per heavy atom. The molecule has 0 unspecified atom stereocenters. The first kappa shape index (κ1) is 13.6. The highest BCUT2D eigenvalue weighted by molar-refractivity contribution is 7.11. The van der Waals surface area contributed by atoms with Crippen molar-refractivity contribution in [3.05, 3.63) is 27.6 Å². The maximum Gasteiger partial charge on any atom is 0.163 e. The molecular formula is C15H18N6S. The van der Waals surface area contributed by atoms with Crippen LogP contribution in [0.3, 0.4) is 0 Å². The van der Waals surface area contributed by atoms with Crippen molar-refractivity contribution in [1.29, 1.82) is 0 Å². The molecule has 3 aromatic rings. The maximum atomic E-state index is 4.77. The molecule has 0 bridgehead atoms. The Balaban J connectivity index is 1.60. The first-order chi connectivity index (χ1) is 10.7. The van der Waals surface area contributed by atoms with Crippen molar-refractivity contribution in [2.45, 2.75) is 39.2 Å². The van der Waals surface area contributed by atoms with Gasteiger partial charge in [0.1, 0.15) is 16.6 Å². The van der Waals surface area contributed by atoms with E-state index in [2.05, 4.69) is 20.4 Å². The second kappa shape index (κ2) is 5.31. The third kappa shape index (κ3) is 2.35. The van der Waals surface area contributed by atoms with Crippen molar-refractivity contribution < 1.29 is 0 Å². The van der Waals surface area contributed by atoms with Crippen LogP contribution in [0.1, 0.15) is 34.2 Å². The lowest BCUT2D eigenvalue weighted by atomic mass is 10.0. The summed E-state index contributed by atoms with van der Waals surface area (Å²) < 4.78 is 1.78. The molecular weight excluding hydrogens is 296 g/mol. The average Bonchev–Trinajstić information content (AvgIpc) is 3.09. The van der Waals surface area contributed by atoms with E-state index in [1.807, 2.05) is 31.5 Å². The van der Waals surface area contributed by atoms with E-state index in [0.717, 1.165) is 34.1 Å². The van der Waals surface area contributed by atoms with Gasteiger partial charge in [-0.2, -0.15) is 5.10 Å². The van der Waals surface area contributed by atoms with Gasteiger partial charge in [-0.1, -0.05) is 0 Å². The minimum atomic E-state index is 0.706. The number of aryl methyl sites for hydroxylation is 4. The SMILES string of the molecule is Cc1nc(NCc2nc3c(s2)CCCC3)c2cnn(C)c2n1. The van der Waals surface area contributed by atoms with Crippen LogP contribution in [0, 0.1) is 6.92 Å². The molecule has 7 heteroatoms.